The highest BCUT2D eigenvalue weighted by atomic mass is 19.1. The second-order valence-electron chi connectivity index (χ2n) is 2.24. The number of hydrogen-bond donors (Lipinski definition) is 1. The zero-order valence-electron chi connectivity index (χ0n) is 6.67. The predicted molar refractivity (Wildman–Crippen MR) is 44.0 cm³/mol. The lowest BCUT2D eigenvalue weighted by molar-refractivity contribution is 0.112. The van der Waals surface area contributed by atoms with E-state index in [0.717, 1.165) is 0 Å². The average molecular weight is 168 g/mol. The molecule has 0 saturated carbocycles. The number of anilines is 1. The van der Waals surface area contributed by atoms with Gasteiger partial charge in [0.2, 0.25) is 0 Å². The molecule has 3 nitrogen and oxygen atoms in total. The van der Waals surface area contributed by atoms with Gasteiger partial charge in [0.1, 0.15) is 12.5 Å². The Morgan fingerprint density at radius 3 is 2.92 bits per heavy atom. The first kappa shape index (κ1) is 8.64. The number of rotatable bonds is 3. The molecule has 0 aromatic carbocycles. The summed E-state index contributed by atoms with van der Waals surface area (Å²) in [5.74, 6) is 0.417. The van der Waals surface area contributed by atoms with Crippen molar-refractivity contribution >= 4 is 12.1 Å². The number of nitrogens with one attached hydrogen (secondary N) is 1. The fraction of sp³-hybridized carbons (Fsp3) is 0.250. The van der Waals surface area contributed by atoms with Crippen LogP contribution in [0.1, 0.15) is 16.1 Å². The lowest BCUT2D eigenvalue weighted by Crippen LogP contribution is -1.99. The molecular formula is C8H9FN2O. The molecule has 0 aliphatic rings. The van der Waals surface area contributed by atoms with Crippen molar-refractivity contribution in [1.82, 2.24) is 4.98 Å². The maximum Gasteiger partial charge on any atom is 0.153 e. The average Bonchev–Trinajstić information content (AvgIpc) is 2.16. The van der Waals surface area contributed by atoms with Crippen LogP contribution in [0.25, 0.3) is 0 Å². The van der Waals surface area contributed by atoms with Gasteiger partial charge in [-0.2, -0.15) is 0 Å². The highest BCUT2D eigenvalue weighted by Crippen LogP contribution is 2.10. The van der Waals surface area contributed by atoms with Crippen LogP contribution in [-0.4, -0.2) is 18.3 Å². The van der Waals surface area contributed by atoms with Crippen molar-refractivity contribution in [3.8, 4) is 0 Å². The fourth-order valence-electron chi connectivity index (χ4n) is 0.880. The van der Waals surface area contributed by atoms with E-state index in [1.54, 1.807) is 13.1 Å². The third-order valence-electron chi connectivity index (χ3n) is 1.48. The quantitative estimate of drug-likeness (QED) is 0.694. The first-order valence-electron chi connectivity index (χ1n) is 3.50. The Morgan fingerprint density at radius 2 is 2.42 bits per heavy atom. The molecule has 1 aromatic rings. The van der Waals surface area contributed by atoms with Gasteiger partial charge < -0.3 is 5.32 Å². The fourth-order valence-corrected chi connectivity index (χ4v) is 0.880. The number of hydrogen-bond acceptors (Lipinski definition) is 3. The summed E-state index contributed by atoms with van der Waals surface area (Å²) in [6.07, 6.45) is 0.681. The van der Waals surface area contributed by atoms with Gasteiger partial charge in [-0.3, -0.25) is 4.79 Å². The van der Waals surface area contributed by atoms with Gasteiger partial charge in [-0.05, 0) is 12.1 Å². The molecule has 1 rings (SSSR count). The summed E-state index contributed by atoms with van der Waals surface area (Å²) >= 11 is 0. The van der Waals surface area contributed by atoms with E-state index in [0.29, 0.717) is 23.4 Å². The third kappa shape index (κ3) is 1.58. The van der Waals surface area contributed by atoms with Gasteiger partial charge >= 0.3 is 0 Å². The maximum atomic E-state index is 12.1. The van der Waals surface area contributed by atoms with Gasteiger partial charge in [-0.25, -0.2) is 9.37 Å². The van der Waals surface area contributed by atoms with Gasteiger partial charge in [0.25, 0.3) is 0 Å². The minimum absolute atomic E-state index is 0.324. The molecule has 0 unspecified atom stereocenters. The monoisotopic (exact) mass is 168 g/mol. The molecule has 0 fully saturated rings. The Labute approximate surface area is 69.6 Å². The van der Waals surface area contributed by atoms with Crippen molar-refractivity contribution in [2.75, 3.05) is 12.4 Å². The van der Waals surface area contributed by atoms with Crippen LogP contribution >= 0.6 is 0 Å². The van der Waals surface area contributed by atoms with E-state index in [4.69, 9.17) is 0 Å². The predicted octanol–water partition coefficient (Wildman–Crippen LogP) is 1.41. The van der Waals surface area contributed by atoms with Crippen LogP contribution in [0.15, 0.2) is 12.1 Å². The van der Waals surface area contributed by atoms with E-state index >= 15 is 0 Å². The standard InChI is InChI=1S/C8H9FN2O/c1-10-8-6(5-12)2-3-7(4-9)11-8/h2-3,5H,4H2,1H3,(H,10,11). The normalized spacial score (nSPS) is 9.50. The topological polar surface area (TPSA) is 42.0 Å². The Hall–Kier alpha value is -1.45. The number of alkyl halides is 1. The molecule has 1 heterocycles. The summed E-state index contributed by atoms with van der Waals surface area (Å²) < 4.78 is 12.1. The highest BCUT2D eigenvalue weighted by molar-refractivity contribution is 5.82. The molecule has 0 spiro atoms. The summed E-state index contributed by atoms with van der Waals surface area (Å²) in [7, 11) is 1.64. The largest absolute Gasteiger partial charge is 0.373 e. The molecule has 0 atom stereocenters. The zero-order valence-corrected chi connectivity index (χ0v) is 6.67. The minimum atomic E-state index is -0.617. The Bertz CT molecular complexity index is 288. The number of halogens is 1. The van der Waals surface area contributed by atoms with Gasteiger partial charge in [0.05, 0.1) is 11.3 Å². The Balaban J connectivity index is 3.10. The van der Waals surface area contributed by atoms with E-state index in [9.17, 15) is 9.18 Å². The molecule has 4 heteroatoms. The number of nitrogens with zero attached hydrogens (tertiary/aromatic N) is 1. The number of pyridine rings is 1. The Morgan fingerprint density at radius 1 is 1.67 bits per heavy atom. The van der Waals surface area contributed by atoms with Gasteiger partial charge in [-0.1, -0.05) is 0 Å². The summed E-state index contributed by atoms with van der Waals surface area (Å²) in [4.78, 5) is 14.3. The molecule has 0 radical (unpaired) electrons. The summed E-state index contributed by atoms with van der Waals surface area (Å²) in [5, 5.41) is 2.71. The lowest BCUT2D eigenvalue weighted by atomic mass is 10.2. The summed E-state index contributed by atoms with van der Waals surface area (Å²) in [6.45, 7) is -0.617. The van der Waals surface area contributed by atoms with Crippen LogP contribution < -0.4 is 5.32 Å². The van der Waals surface area contributed by atoms with E-state index in [2.05, 4.69) is 10.3 Å². The molecule has 12 heavy (non-hydrogen) atoms. The summed E-state index contributed by atoms with van der Waals surface area (Å²) in [6, 6.07) is 3.03. The van der Waals surface area contributed by atoms with E-state index in [1.165, 1.54) is 6.07 Å². The molecule has 0 saturated heterocycles. The lowest BCUT2D eigenvalue weighted by Gasteiger charge is -2.03. The van der Waals surface area contributed by atoms with Gasteiger partial charge in [0.15, 0.2) is 6.29 Å². The molecule has 0 aliphatic heterocycles. The smallest absolute Gasteiger partial charge is 0.153 e. The molecular weight excluding hydrogens is 159 g/mol. The molecule has 0 bridgehead atoms. The number of carbonyl (C=O) groups excluding carboxylic acids is 1. The minimum Gasteiger partial charge on any atom is -0.373 e. The highest BCUT2D eigenvalue weighted by Gasteiger charge is 2.02. The van der Waals surface area contributed by atoms with Crippen molar-refractivity contribution in [3.05, 3.63) is 23.4 Å². The number of carbonyl (C=O) groups is 1. The zero-order chi connectivity index (χ0) is 8.97. The maximum absolute atomic E-state index is 12.1. The van der Waals surface area contributed by atoms with Crippen molar-refractivity contribution in [3.63, 3.8) is 0 Å². The first-order valence-corrected chi connectivity index (χ1v) is 3.50. The van der Waals surface area contributed by atoms with E-state index in [1.807, 2.05) is 0 Å². The first-order chi connectivity index (χ1) is 5.81. The molecule has 0 amide bonds. The molecule has 64 valence electrons. The number of aldehydes is 1. The van der Waals surface area contributed by atoms with Crippen LogP contribution in [0, 0.1) is 0 Å². The Kier molecular flexibility index (Phi) is 2.74. The van der Waals surface area contributed by atoms with Crippen molar-refractivity contribution in [2.24, 2.45) is 0 Å². The molecule has 0 aliphatic carbocycles. The molecule has 1 aromatic heterocycles. The second kappa shape index (κ2) is 3.80. The van der Waals surface area contributed by atoms with Gasteiger partial charge in [0, 0.05) is 7.05 Å². The van der Waals surface area contributed by atoms with E-state index < -0.39 is 6.67 Å². The second-order valence-corrected chi connectivity index (χ2v) is 2.24. The van der Waals surface area contributed by atoms with Crippen LogP contribution in [0.4, 0.5) is 10.2 Å². The third-order valence-corrected chi connectivity index (χ3v) is 1.48. The van der Waals surface area contributed by atoms with Crippen molar-refractivity contribution < 1.29 is 9.18 Å². The van der Waals surface area contributed by atoms with E-state index in [-0.39, 0.29) is 0 Å². The van der Waals surface area contributed by atoms with Crippen LogP contribution in [-0.2, 0) is 6.67 Å². The molecule has 1 N–H and O–H groups in total. The SMILES string of the molecule is CNc1nc(CF)ccc1C=O. The van der Waals surface area contributed by atoms with Crippen LogP contribution in [0.3, 0.4) is 0 Å². The van der Waals surface area contributed by atoms with Crippen molar-refractivity contribution in [2.45, 2.75) is 6.67 Å². The van der Waals surface area contributed by atoms with Gasteiger partial charge in [-0.15, -0.1) is 0 Å². The van der Waals surface area contributed by atoms with Crippen LogP contribution in [0.2, 0.25) is 0 Å². The summed E-state index contributed by atoms with van der Waals surface area (Å²) in [5.41, 5.74) is 0.764. The van der Waals surface area contributed by atoms with Crippen molar-refractivity contribution in [1.29, 1.82) is 0 Å². The number of aromatic nitrogens is 1. The van der Waals surface area contributed by atoms with Crippen LogP contribution in [0.5, 0.6) is 0 Å².